The molecule has 2 unspecified atom stereocenters. The van der Waals surface area contributed by atoms with E-state index in [1.807, 2.05) is 0 Å². The molecule has 0 aliphatic heterocycles. The molecule has 1 N–H and O–H groups in total. The molecule has 0 rings (SSSR count). The van der Waals surface area contributed by atoms with Gasteiger partial charge in [0, 0.05) is 5.88 Å². The Morgan fingerprint density at radius 1 is 1.00 bits per heavy atom. The van der Waals surface area contributed by atoms with Gasteiger partial charge < -0.3 is 5.11 Å². The second kappa shape index (κ2) is 8.43. The third-order valence-corrected chi connectivity index (χ3v) is 2.82. The Labute approximate surface area is 89.0 Å². The quantitative estimate of drug-likeness (QED) is 0.528. The van der Waals surface area contributed by atoms with Crippen LogP contribution < -0.4 is 0 Å². The van der Waals surface area contributed by atoms with Gasteiger partial charge in [-0.05, 0) is 12.8 Å². The van der Waals surface area contributed by atoms with Crippen molar-refractivity contribution in [2.45, 2.75) is 43.0 Å². The smallest absolute Gasteiger partial charge is 0.144 e. The number of aliphatic hydroxyl groups is 1. The maximum atomic E-state index is 8.84. The van der Waals surface area contributed by atoms with Crippen molar-refractivity contribution in [3.63, 3.8) is 0 Å². The van der Waals surface area contributed by atoms with Crippen LogP contribution in [0.4, 0.5) is 0 Å². The van der Waals surface area contributed by atoms with Crippen molar-refractivity contribution in [3.05, 3.63) is 0 Å². The van der Waals surface area contributed by atoms with E-state index in [2.05, 4.69) is 0 Å². The molecule has 0 aliphatic carbocycles. The molecule has 0 radical (unpaired) electrons. The van der Waals surface area contributed by atoms with E-state index in [0.29, 0.717) is 0 Å². The van der Waals surface area contributed by atoms with E-state index in [1.165, 1.54) is 0 Å². The van der Waals surface area contributed by atoms with Crippen molar-refractivity contribution < 1.29 is 5.11 Å². The summed E-state index contributed by atoms with van der Waals surface area (Å²) >= 11 is 16.6. The van der Waals surface area contributed by atoms with E-state index in [9.17, 15) is 0 Å². The van der Waals surface area contributed by atoms with Gasteiger partial charge in [0.15, 0.2) is 0 Å². The Balaban J connectivity index is 3.08. The minimum atomic E-state index is -0.917. The first-order valence-corrected chi connectivity index (χ1v) is 5.61. The Hall–Kier alpha value is 0.830. The lowest BCUT2D eigenvalue weighted by atomic mass is 10.1. The number of hydrogen-bond donors (Lipinski definition) is 1. The van der Waals surface area contributed by atoms with Gasteiger partial charge >= 0.3 is 0 Å². The summed E-state index contributed by atoms with van der Waals surface area (Å²) in [6.07, 6.45) is 5.08. The summed E-state index contributed by atoms with van der Waals surface area (Å²) < 4.78 is 0. The van der Waals surface area contributed by atoms with Crippen LogP contribution in [-0.4, -0.2) is 21.9 Å². The highest BCUT2D eigenvalue weighted by Gasteiger charge is 2.11. The van der Waals surface area contributed by atoms with Gasteiger partial charge in [0.1, 0.15) is 5.56 Å². The van der Waals surface area contributed by atoms with Crippen LogP contribution in [0.25, 0.3) is 0 Å². The Bertz CT molecular complexity index is 98.3. The van der Waals surface area contributed by atoms with E-state index in [0.717, 1.165) is 38.0 Å². The molecule has 0 saturated carbocycles. The van der Waals surface area contributed by atoms with Gasteiger partial charge in [-0.3, -0.25) is 0 Å². The van der Waals surface area contributed by atoms with Crippen molar-refractivity contribution in [2.75, 3.05) is 5.88 Å². The zero-order valence-electron chi connectivity index (χ0n) is 6.98. The second-order valence-electron chi connectivity index (χ2n) is 2.78. The molecule has 0 fully saturated rings. The van der Waals surface area contributed by atoms with Crippen molar-refractivity contribution in [1.82, 2.24) is 0 Å². The first-order valence-electron chi connectivity index (χ1n) is 4.20. The first kappa shape index (κ1) is 12.8. The van der Waals surface area contributed by atoms with Gasteiger partial charge in [-0.1, -0.05) is 30.9 Å². The topological polar surface area (TPSA) is 20.2 Å². The minimum Gasteiger partial charge on any atom is -0.376 e. The third kappa shape index (κ3) is 7.48. The summed E-state index contributed by atoms with van der Waals surface area (Å²) in [7, 11) is 0. The van der Waals surface area contributed by atoms with Crippen LogP contribution in [-0.2, 0) is 0 Å². The highest BCUT2D eigenvalue weighted by Crippen LogP contribution is 2.15. The fourth-order valence-electron chi connectivity index (χ4n) is 0.925. The van der Waals surface area contributed by atoms with Gasteiger partial charge in [0.2, 0.25) is 0 Å². The SMILES string of the molecule is OC(Cl)C(Cl)CCCCCCCl. The van der Waals surface area contributed by atoms with Crippen molar-refractivity contribution in [3.8, 4) is 0 Å². The second-order valence-corrected chi connectivity index (χ2v) is 4.17. The maximum absolute atomic E-state index is 8.84. The fourth-order valence-corrected chi connectivity index (χ4v) is 1.39. The Morgan fingerprint density at radius 3 is 2.08 bits per heavy atom. The molecule has 0 amide bonds. The average Bonchev–Trinajstić information content (AvgIpc) is 2.03. The van der Waals surface area contributed by atoms with Crippen molar-refractivity contribution in [1.29, 1.82) is 0 Å². The summed E-state index contributed by atoms with van der Waals surface area (Å²) in [5.74, 6) is 0.725. The lowest BCUT2D eigenvalue weighted by Gasteiger charge is -2.09. The summed E-state index contributed by atoms with van der Waals surface area (Å²) in [5, 5.41) is 8.52. The van der Waals surface area contributed by atoms with Crippen LogP contribution in [0, 0.1) is 0 Å². The largest absolute Gasteiger partial charge is 0.376 e. The monoisotopic (exact) mass is 232 g/mol. The van der Waals surface area contributed by atoms with Crippen LogP contribution in [0.3, 0.4) is 0 Å². The fraction of sp³-hybridized carbons (Fsp3) is 1.00. The summed E-state index contributed by atoms with van der Waals surface area (Å²) in [5.41, 5.74) is -0.917. The molecule has 74 valence electrons. The predicted molar refractivity (Wildman–Crippen MR) is 55.3 cm³/mol. The van der Waals surface area contributed by atoms with Gasteiger partial charge in [0.05, 0.1) is 5.38 Å². The minimum absolute atomic E-state index is 0.317. The standard InChI is InChI=1S/C8H15Cl3O/c9-6-4-2-1-3-5-7(10)8(11)12/h7-8,12H,1-6H2. The zero-order chi connectivity index (χ0) is 9.40. The molecule has 12 heavy (non-hydrogen) atoms. The van der Waals surface area contributed by atoms with Gasteiger partial charge in [0.25, 0.3) is 0 Å². The molecule has 0 aromatic rings. The molecule has 0 aromatic heterocycles. The zero-order valence-corrected chi connectivity index (χ0v) is 9.25. The number of alkyl halides is 3. The first-order chi connectivity index (χ1) is 5.68. The van der Waals surface area contributed by atoms with Crippen LogP contribution in [0.15, 0.2) is 0 Å². The van der Waals surface area contributed by atoms with E-state index in [-0.39, 0.29) is 5.38 Å². The lowest BCUT2D eigenvalue weighted by Crippen LogP contribution is -2.13. The van der Waals surface area contributed by atoms with E-state index in [4.69, 9.17) is 39.9 Å². The number of hydrogen-bond acceptors (Lipinski definition) is 1. The van der Waals surface area contributed by atoms with Crippen molar-refractivity contribution >= 4 is 34.8 Å². The van der Waals surface area contributed by atoms with Crippen LogP contribution in [0.1, 0.15) is 32.1 Å². The third-order valence-electron chi connectivity index (χ3n) is 1.66. The number of aliphatic hydroxyl groups excluding tert-OH is 1. The van der Waals surface area contributed by atoms with E-state index < -0.39 is 5.56 Å². The molecule has 0 spiro atoms. The molecular weight excluding hydrogens is 218 g/mol. The highest BCUT2D eigenvalue weighted by molar-refractivity contribution is 6.29. The van der Waals surface area contributed by atoms with E-state index in [1.54, 1.807) is 0 Å². The molecule has 0 heterocycles. The number of unbranched alkanes of at least 4 members (excludes halogenated alkanes) is 3. The molecule has 0 aliphatic rings. The van der Waals surface area contributed by atoms with Crippen LogP contribution in [0.2, 0.25) is 0 Å². The Morgan fingerprint density at radius 2 is 1.58 bits per heavy atom. The number of rotatable bonds is 7. The molecule has 4 heteroatoms. The molecular formula is C8H15Cl3O. The van der Waals surface area contributed by atoms with Gasteiger partial charge in [-0.25, -0.2) is 0 Å². The van der Waals surface area contributed by atoms with Crippen LogP contribution in [0.5, 0.6) is 0 Å². The molecule has 0 aromatic carbocycles. The average molecular weight is 234 g/mol. The van der Waals surface area contributed by atoms with Crippen LogP contribution >= 0.6 is 34.8 Å². The van der Waals surface area contributed by atoms with Gasteiger partial charge in [-0.2, -0.15) is 0 Å². The predicted octanol–water partition coefficient (Wildman–Crippen LogP) is 3.34. The van der Waals surface area contributed by atoms with E-state index >= 15 is 0 Å². The van der Waals surface area contributed by atoms with Crippen molar-refractivity contribution in [2.24, 2.45) is 0 Å². The Kier molecular flexibility index (Phi) is 9.01. The van der Waals surface area contributed by atoms with Gasteiger partial charge in [-0.15, -0.1) is 23.2 Å². The molecule has 1 nitrogen and oxygen atoms in total. The molecule has 0 bridgehead atoms. The highest BCUT2D eigenvalue weighted by atomic mass is 35.5. The maximum Gasteiger partial charge on any atom is 0.144 e. The lowest BCUT2D eigenvalue weighted by molar-refractivity contribution is 0.244. The molecule has 0 saturated heterocycles. The summed E-state index contributed by atoms with van der Waals surface area (Å²) in [6.45, 7) is 0. The molecule has 2 atom stereocenters. The summed E-state index contributed by atoms with van der Waals surface area (Å²) in [6, 6.07) is 0. The normalized spacial score (nSPS) is 16.0. The number of halogens is 3. The summed E-state index contributed by atoms with van der Waals surface area (Å²) in [4.78, 5) is 0.